The lowest BCUT2D eigenvalue weighted by atomic mass is 9.89. The lowest BCUT2D eigenvalue weighted by Crippen LogP contribution is -2.61. The first-order chi connectivity index (χ1) is 18.5. The lowest BCUT2D eigenvalue weighted by molar-refractivity contribution is -0.0419. The fraction of sp³-hybridized carbons (Fsp3) is 0.667. The highest BCUT2D eigenvalue weighted by Gasteiger charge is 2.67. The Morgan fingerprint density at radius 1 is 1.05 bits per heavy atom. The summed E-state index contributed by atoms with van der Waals surface area (Å²) < 4.78 is 51.1. The Morgan fingerprint density at radius 3 is 2.07 bits per heavy atom. The van der Waals surface area contributed by atoms with Gasteiger partial charge in [0, 0.05) is 10.6 Å². The van der Waals surface area contributed by atoms with Crippen molar-refractivity contribution < 1.29 is 31.0 Å². The molecular formula is C27H47N3O7S2Si2. The van der Waals surface area contributed by atoms with Crippen molar-refractivity contribution in [2.75, 3.05) is 18.2 Å². The van der Waals surface area contributed by atoms with Crippen LogP contribution in [0.25, 0.3) is 0 Å². The van der Waals surface area contributed by atoms with Crippen LogP contribution in [-0.4, -0.2) is 68.0 Å². The van der Waals surface area contributed by atoms with Gasteiger partial charge >= 0.3 is 6.03 Å². The summed E-state index contributed by atoms with van der Waals surface area (Å²) in [5.41, 5.74) is 5.30. The first-order valence-corrected chi connectivity index (χ1v) is 22.2. The molecule has 1 saturated heterocycles. The fourth-order valence-electron chi connectivity index (χ4n) is 4.11. The summed E-state index contributed by atoms with van der Waals surface area (Å²) >= 11 is 1.60. The zero-order valence-electron chi connectivity index (χ0n) is 26.1. The van der Waals surface area contributed by atoms with Gasteiger partial charge in [-0.15, -0.1) is 11.8 Å². The number of hydrogen-bond acceptors (Lipinski definition) is 9. The van der Waals surface area contributed by atoms with E-state index >= 15 is 0 Å². The zero-order valence-corrected chi connectivity index (χ0v) is 29.7. The topological polar surface area (TPSA) is 138 Å². The van der Waals surface area contributed by atoms with Crippen LogP contribution in [0.2, 0.25) is 36.3 Å². The summed E-state index contributed by atoms with van der Waals surface area (Å²) in [5.74, 6) is 0. The smallest absolute Gasteiger partial charge is 0.321 e. The number of hydrogen-bond donors (Lipinski definition) is 3. The Hall–Kier alpha value is -1.40. The highest BCUT2D eigenvalue weighted by Crippen LogP contribution is 2.49. The van der Waals surface area contributed by atoms with Gasteiger partial charge in [0.1, 0.15) is 12.2 Å². The van der Waals surface area contributed by atoms with Crippen LogP contribution >= 0.6 is 11.8 Å². The molecule has 0 aromatic heterocycles. The number of nitrogens with two attached hydrogens (primary N) is 1. The number of amides is 2. The van der Waals surface area contributed by atoms with E-state index < -0.39 is 56.8 Å². The Labute approximate surface area is 251 Å². The Balaban J connectivity index is 2.01. The minimum absolute atomic E-state index is 0.00780. The zero-order chi connectivity index (χ0) is 31.2. The average Bonchev–Trinajstić information content (AvgIpc) is 3.22. The maximum absolute atomic E-state index is 13.2. The molecule has 41 heavy (non-hydrogen) atoms. The molecule has 0 saturated carbocycles. The number of benzene rings is 1. The number of anilines is 1. The minimum atomic E-state index is -4.14. The van der Waals surface area contributed by atoms with Gasteiger partial charge in [-0.1, -0.05) is 41.5 Å². The number of nitrogens with one attached hydrogen (secondary N) is 2. The van der Waals surface area contributed by atoms with Crippen molar-refractivity contribution in [3.8, 4) is 0 Å². The van der Waals surface area contributed by atoms with E-state index in [0.717, 1.165) is 10.3 Å². The predicted molar refractivity (Wildman–Crippen MR) is 169 cm³/mol. The lowest BCUT2D eigenvalue weighted by Gasteiger charge is -2.43. The summed E-state index contributed by atoms with van der Waals surface area (Å²) in [6.07, 6.45) is -1.13. The van der Waals surface area contributed by atoms with E-state index in [0.29, 0.717) is 5.69 Å². The quantitative estimate of drug-likeness (QED) is 0.188. The standard InChI is InChI=1S/C27H47N3O7S2Si2/c1-25(2,3)40(8,9)34-16-21-27(20(28)17-39(32,33)37-27)22(36-41(10,11)26(4,5)6)23(35-21)30-24(31)29-18-12-14-19(38-7)15-13-18/h12-15,17,21-23H,16,28H2,1-11H3,(H2,29,30,31). The van der Waals surface area contributed by atoms with Crippen LogP contribution in [0.1, 0.15) is 41.5 Å². The van der Waals surface area contributed by atoms with Crippen LogP contribution in [-0.2, 0) is 27.9 Å². The summed E-state index contributed by atoms with van der Waals surface area (Å²) in [6, 6.07) is 6.87. The van der Waals surface area contributed by atoms with Crippen molar-refractivity contribution in [2.24, 2.45) is 5.73 Å². The minimum Gasteiger partial charge on any atom is -0.414 e. The van der Waals surface area contributed by atoms with Gasteiger partial charge in [-0.05, 0) is 66.8 Å². The van der Waals surface area contributed by atoms with Gasteiger partial charge in [0.15, 0.2) is 28.5 Å². The third-order valence-corrected chi connectivity index (χ3v) is 19.5. The van der Waals surface area contributed by atoms with Crippen LogP contribution in [0.15, 0.2) is 40.3 Å². The second-order valence-electron chi connectivity index (χ2n) is 13.7. The molecule has 1 aromatic rings. The summed E-state index contributed by atoms with van der Waals surface area (Å²) in [4.78, 5) is 14.3. The van der Waals surface area contributed by atoms with Gasteiger partial charge in [-0.25, -0.2) is 8.98 Å². The van der Waals surface area contributed by atoms with E-state index in [1.165, 1.54) is 0 Å². The van der Waals surface area contributed by atoms with Gasteiger partial charge in [0.2, 0.25) is 0 Å². The van der Waals surface area contributed by atoms with E-state index in [9.17, 15) is 13.2 Å². The third kappa shape index (κ3) is 7.23. The molecule has 14 heteroatoms. The molecule has 0 bridgehead atoms. The molecule has 2 aliphatic heterocycles. The molecule has 1 spiro atoms. The van der Waals surface area contributed by atoms with Gasteiger partial charge in [-0.2, -0.15) is 8.42 Å². The molecule has 232 valence electrons. The fourth-order valence-corrected chi connectivity index (χ4v) is 8.03. The normalized spacial score (nSPS) is 26.7. The summed E-state index contributed by atoms with van der Waals surface area (Å²) in [5, 5.41) is 6.23. The number of carbonyl (C=O) groups excluding carboxylic acids is 1. The van der Waals surface area contributed by atoms with Gasteiger partial charge in [0.05, 0.1) is 17.7 Å². The van der Waals surface area contributed by atoms with Crippen molar-refractivity contribution in [3.63, 3.8) is 0 Å². The van der Waals surface area contributed by atoms with Gasteiger partial charge in [0.25, 0.3) is 10.1 Å². The molecule has 0 aliphatic carbocycles. The molecular weight excluding hydrogens is 599 g/mol. The number of rotatable bonds is 8. The van der Waals surface area contributed by atoms with E-state index in [1.54, 1.807) is 23.9 Å². The van der Waals surface area contributed by atoms with E-state index in [-0.39, 0.29) is 22.4 Å². The molecule has 4 N–H and O–H groups in total. The number of thioether (sulfide) groups is 1. The van der Waals surface area contributed by atoms with Crippen molar-refractivity contribution in [3.05, 3.63) is 35.4 Å². The molecule has 10 nitrogen and oxygen atoms in total. The molecule has 2 aliphatic rings. The van der Waals surface area contributed by atoms with E-state index in [2.05, 4.69) is 65.3 Å². The number of carbonyl (C=O) groups is 1. The highest BCUT2D eigenvalue weighted by atomic mass is 32.2. The summed E-state index contributed by atoms with van der Waals surface area (Å²) in [7, 11) is -9.01. The average molecular weight is 646 g/mol. The Morgan fingerprint density at radius 2 is 1.61 bits per heavy atom. The van der Waals surface area contributed by atoms with Crippen molar-refractivity contribution in [1.29, 1.82) is 0 Å². The molecule has 2 heterocycles. The Kier molecular flexibility index (Phi) is 9.65. The number of urea groups is 1. The molecule has 3 rings (SSSR count). The Bertz CT molecular complexity index is 1260. The molecule has 1 aromatic carbocycles. The molecule has 2 amide bonds. The monoisotopic (exact) mass is 645 g/mol. The van der Waals surface area contributed by atoms with Crippen LogP contribution in [0.4, 0.5) is 10.5 Å². The first-order valence-electron chi connectivity index (χ1n) is 13.7. The molecule has 1 fully saturated rings. The molecule has 4 atom stereocenters. The summed E-state index contributed by atoms with van der Waals surface area (Å²) in [6.45, 7) is 20.8. The second kappa shape index (κ2) is 11.6. The highest BCUT2D eigenvalue weighted by molar-refractivity contribution is 7.98. The maximum atomic E-state index is 13.2. The predicted octanol–water partition coefficient (Wildman–Crippen LogP) is 5.57. The van der Waals surface area contributed by atoms with Crippen molar-refractivity contribution in [1.82, 2.24) is 5.32 Å². The van der Waals surface area contributed by atoms with Crippen LogP contribution in [0, 0.1) is 0 Å². The van der Waals surface area contributed by atoms with Crippen molar-refractivity contribution in [2.45, 2.75) is 107 Å². The van der Waals surface area contributed by atoms with Gasteiger partial charge < -0.3 is 30.0 Å². The van der Waals surface area contributed by atoms with E-state index in [1.807, 2.05) is 31.5 Å². The van der Waals surface area contributed by atoms with Crippen LogP contribution in [0.3, 0.4) is 0 Å². The first kappa shape index (κ1) is 34.1. The SMILES string of the molecule is CSc1ccc(NC(=O)NC2OC(CO[Si](C)(C)C(C)(C)C)C3(OS(=O)(=O)C=C3N)C2O[Si](C)(C)C(C)(C)C)cc1. The maximum Gasteiger partial charge on any atom is 0.321 e. The van der Waals surface area contributed by atoms with Crippen molar-refractivity contribution >= 4 is 50.2 Å². The third-order valence-electron chi connectivity index (χ3n) is 8.71. The van der Waals surface area contributed by atoms with Crippen LogP contribution in [0.5, 0.6) is 0 Å². The largest absolute Gasteiger partial charge is 0.414 e. The molecule has 0 radical (unpaired) electrons. The number of ether oxygens (including phenoxy) is 1. The second-order valence-corrected chi connectivity index (χ2v) is 25.5. The molecule has 4 unspecified atom stereocenters. The van der Waals surface area contributed by atoms with E-state index in [4.69, 9.17) is 23.5 Å². The van der Waals surface area contributed by atoms with Crippen LogP contribution < -0.4 is 16.4 Å². The van der Waals surface area contributed by atoms with Gasteiger partial charge in [-0.3, -0.25) is 0 Å².